The van der Waals surface area contributed by atoms with Crippen molar-refractivity contribution in [3.8, 4) is 0 Å². The smallest absolute Gasteiger partial charge is 0.262 e. The van der Waals surface area contributed by atoms with Crippen LogP contribution in [0.1, 0.15) is 52.3 Å². The molecule has 1 N–H and O–H groups in total. The van der Waals surface area contributed by atoms with Crippen LogP contribution in [0.15, 0.2) is 76.8 Å². The first-order valence-electron chi connectivity index (χ1n) is 12.4. The minimum absolute atomic E-state index is 0.0566. The number of amides is 2. The number of amidine groups is 1. The molecular weight excluding hydrogens is 480 g/mol. The third kappa shape index (κ3) is 5.67. The lowest BCUT2D eigenvalue weighted by atomic mass is 9.97. The number of nitrogens with zero attached hydrogens (tertiary/aromatic N) is 3. The molecule has 0 aromatic heterocycles. The SMILES string of the molecule is Cc1ccc(C2=NN(C3=NC(=O)[C@H](CC(=O)Nc4cc(C)cc(C)c4)S3)[C@@H](c3ccc(C)cc3)C2)cc1. The number of carbonyl (C=O) groups excluding carboxylic acids is 2. The van der Waals surface area contributed by atoms with E-state index in [0.717, 1.165) is 33.7 Å². The molecule has 6 nitrogen and oxygen atoms in total. The van der Waals surface area contributed by atoms with E-state index in [2.05, 4.69) is 78.8 Å². The number of carbonyl (C=O) groups is 2. The van der Waals surface area contributed by atoms with Crippen LogP contribution >= 0.6 is 11.8 Å². The summed E-state index contributed by atoms with van der Waals surface area (Å²) in [5.41, 5.74) is 8.40. The van der Waals surface area contributed by atoms with E-state index in [9.17, 15) is 9.59 Å². The standard InChI is InChI=1S/C30H30N4O2S/c1-18-5-9-22(10-6-18)25-16-26(23-11-7-19(2)8-12-23)34(33-25)30-32-29(36)27(37-30)17-28(35)31-24-14-20(3)13-21(4)15-24/h5-15,26-27H,16-17H2,1-4H3,(H,31,35)/t26-,27+/m1/s1. The number of aliphatic imine (C=N–C) groups is 1. The molecule has 0 spiro atoms. The first-order valence-corrected chi connectivity index (χ1v) is 13.3. The summed E-state index contributed by atoms with van der Waals surface area (Å²) in [6.07, 6.45) is 0.763. The van der Waals surface area contributed by atoms with Gasteiger partial charge in [-0.3, -0.25) is 9.59 Å². The summed E-state index contributed by atoms with van der Waals surface area (Å²) < 4.78 is 0. The Morgan fingerprint density at radius 1 is 0.919 bits per heavy atom. The Morgan fingerprint density at radius 2 is 1.54 bits per heavy atom. The number of benzene rings is 3. The molecule has 0 saturated heterocycles. The summed E-state index contributed by atoms with van der Waals surface area (Å²) in [5.74, 6) is -0.495. The van der Waals surface area contributed by atoms with E-state index in [1.807, 2.05) is 31.0 Å². The molecule has 188 valence electrons. The molecule has 2 amide bonds. The Balaban J connectivity index is 1.35. The van der Waals surface area contributed by atoms with Crippen LogP contribution in [0.4, 0.5) is 5.69 Å². The van der Waals surface area contributed by atoms with Gasteiger partial charge in [-0.2, -0.15) is 10.1 Å². The van der Waals surface area contributed by atoms with Crippen molar-refractivity contribution in [2.24, 2.45) is 10.1 Å². The zero-order chi connectivity index (χ0) is 26.1. The van der Waals surface area contributed by atoms with E-state index < -0.39 is 5.25 Å². The number of anilines is 1. The summed E-state index contributed by atoms with van der Waals surface area (Å²) in [6.45, 7) is 8.11. The molecule has 0 saturated carbocycles. The number of aryl methyl sites for hydroxylation is 4. The van der Waals surface area contributed by atoms with Crippen LogP contribution in [-0.4, -0.2) is 33.0 Å². The highest BCUT2D eigenvalue weighted by Crippen LogP contribution is 2.38. The lowest BCUT2D eigenvalue weighted by Gasteiger charge is -2.23. The van der Waals surface area contributed by atoms with E-state index >= 15 is 0 Å². The third-order valence-electron chi connectivity index (χ3n) is 6.56. The van der Waals surface area contributed by atoms with Gasteiger partial charge >= 0.3 is 0 Å². The van der Waals surface area contributed by atoms with Crippen LogP contribution in [-0.2, 0) is 9.59 Å². The quantitative estimate of drug-likeness (QED) is 0.450. The molecule has 0 bridgehead atoms. The summed E-state index contributed by atoms with van der Waals surface area (Å²) in [6, 6.07) is 22.6. The number of nitrogens with one attached hydrogen (secondary N) is 1. The van der Waals surface area contributed by atoms with Gasteiger partial charge in [-0.15, -0.1) is 0 Å². The van der Waals surface area contributed by atoms with Crippen molar-refractivity contribution in [3.05, 3.63) is 100 Å². The zero-order valence-electron chi connectivity index (χ0n) is 21.5. The van der Waals surface area contributed by atoms with Gasteiger partial charge in [-0.1, -0.05) is 77.5 Å². The molecule has 2 atom stereocenters. The van der Waals surface area contributed by atoms with Gasteiger partial charge < -0.3 is 5.32 Å². The number of hydrogen-bond acceptors (Lipinski definition) is 5. The van der Waals surface area contributed by atoms with Gasteiger partial charge in [0.1, 0.15) is 5.25 Å². The van der Waals surface area contributed by atoms with Gasteiger partial charge in [0.05, 0.1) is 11.8 Å². The second-order valence-electron chi connectivity index (χ2n) is 9.86. The van der Waals surface area contributed by atoms with Crippen LogP contribution in [0.5, 0.6) is 0 Å². The maximum absolute atomic E-state index is 12.9. The highest BCUT2D eigenvalue weighted by atomic mass is 32.2. The van der Waals surface area contributed by atoms with Gasteiger partial charge in [0.2, 0.25) is 5.91 Å². The molecule has 37 heavy (non-hydrogen) atoms. The third-order valence-corrected chi connectivity index (χ3v) is 7.70. The highest BCUT2D eigenvalue weighted by Gasteiger charge is 2.39. The molecule has 7 heteroatoms. The molecule has 0 fully saturated rings. The average molecular weight is 511 g/mol. The number of thioether (sulfide) groups is 1. The van der Waals surface area contributed by atoms with E-state index in [0.29, 0.717) is 11.6 Å². The topological polar surface area (TPSA) is 74.1 Å². The molecule has 3 aromatic rings. The van der Waals surface area contributed by atoms with Gasteiger partial charge in [-0.25, -0.2) is 5.01 Å². The lowest BCUT2D eigenvalue weighted by Crippen LogP contribution is -2.25. The van der Waals surface area contributed by atoms with Crippen molar-refractivity contribution in [3.63, 3.8) is 0 Å². The molecule has 0 aliphatic carbocycles. The molecule has 0 unspecified atom stereocenters. The predicted molar refractivity (Wildman–Crippen MR) is 151 cm³/mol. The van der Waals surface area contributed by atoms with E-state index in [1.54, 1.807) is 0 Å². The minimum atomic E-state index is -0.571. The molecule has 5 rings (SSSR count). The molecule has 2 aliphatic heterocycles. The normalized spacial score (nSPS) is 19.1. The number of hydrogen-bond donors (Lipinski definition) is 1. The second-order valence-corrected chi connectivity index (χ2v) is 11.0. The number of rotatable bonds is 5. The fourth-order valence-corrected chi connectivity index (χ4v) is 5.75. The van der Waals surface area contributed by atoms with E-state index in [1.165, 1.54) is 22.9 Å². The van der Waals surface area contributed by atoms with Crippen molar-refractivity contribution in [2.75, 3.05) is 5.32 Å². The molecule has 2 aliphatic rings. The predicted octanol–water partition coefficient (Wildman–Crippen LogP) is 6.10. The fourth-order valence-electron chi connectivity index (χ4n) is 4.69. The molecular formula is C30H30N4O2S. The lowest BCUT2D eigenvalue weighted by molar-refractivity contribution is -0.121. The summed E-state index contributed by atoms with van der Waals surface area (Å²) in [5, 5.41) is 9.70. The van der Waals surface area contributed by atoms with Crippen LogP contribution in [0.3, 0.4) is 0 Å². The second kappa shape index (κ2) is 10.3. The first kappa shape index (κ1) is 25.0. The van der Waals surface area contributed by atoms with Gasteiger partial charge in [0.15, 0.2) is 5.17 Å². The van der Waals surface area contributed by atoms with Gasteiger partial charge in [0, 0.05) is 18.5 Å². The van der Waals surface area contributed by atoms with Crippen LogP contribution < -0.4 is 5.32 Å². The molecule has 3 aromatic carbocycles. The largest absolute Gasteiger partial charge is 0.326 e. The van der Waals surface area contributed by atoms with Crippen LogP contribution in [0.2, 0.25) is 0 Å². The summed E-state index contributed by atoms with van der Waals surface area (Å²) in [4.78, 5) is 30.0. The Hall–Kier alpha value is -3.71. The zero-order valence-corrected chi connectivity index (χ0v) is 22.3. The Labute approximate surface area is 221 Å². The van der Waals surface area contributed by atoms with Crippen molar-refractivity contribution in [2.45, 2.75) is 51.8 Å². The van der Waals surface area contributed by atoms with Crippen molar-refractivity contribution in [1.82, 2.24) is 5.01 Å². The van der Waals surface area contributed by atoms with Gasteiger partial charge in [0.25, 0.3) is 5.91 Å². The molecule has 0 radical (unpaired) electrons. The monoisotopic (exact) mass is 510 g/mol. The summed E-state index contributed by atoms with van der Waals surface area (Å²) >= 11 is 1.32. The van der Waals surface area contributed by atoms with Crippen LogP contribution in [0, 0.1) is 27.7 Å². The van der Waals surface area contributed by atoms with Crippen molar-refractivity contribution in [1.29, 1.82) is 0 Å². The van der Waals surface area contributed by atoms with Gasteiger partial charge in [-0.05, 0) is 62.1 Å². The van der Waals surface area contributed by atoms with Crippen molar-refractivity contribution >= 4 is 40.1 Å². The molecule has 2 heterocycles. The number of hydrazone groups is 1. The summed E-state index contributed by atoms with van der Waals surface area (Å²) in [7, 11) is 0. The Morgan fingerprint density at radius 3 is 2.19 bits per heavy atom. The maximum atomic E-state index is 12.9. The Bertz CT molecular complexity index is 1390. The van der Waals surface area contributed by atoms with Crippen LogP contribution in [0.25, 0.3) is 0 Å². The Kier molecular flexibility index (Phi) is 6.98. The fraction of sp³-hybridized carbons (Fsp3) is 0.267. The maximum Gasteiger partial charge on any atom is 0.262 e. The van der Waals surface area contributed by atoms with E-state index in [4.69, 9.17) is 5.10 Å². The van der Waals surface area contributed by atoms with Crippen molar-refractivity contribution < 1.29 is 9.59 Å². The minimum Gasteiger partial charge on any atom is -0.326 e. The average Bonchev–Trinajstić information content (AvgIpc) is 3.43. The van der Waals surface area contributed by atoms with E-state index in [-0.39, 0.29) is 24.3 Å². The highest BCUT2D eigenvalue weighted by molar-refractivity contribution is 8.15. The first-order chi connectivity index (χ1) is 17.7.